The van der Waals surface area contributed by atoms with Gasteiger partial charge >= 0.3 is 11.8 Å². The van der Waals surface area contributed by atoms with Crippen LogP contribution in [0.5, 0.6) is 0 Å². The van der Waals surface area contributed by atoms with E-state index in [1.165, 1.54) is 14.2 Å². The first-order chi connectivity index (χ1) is 4.22. The topological polar surface area (TPSA) is 67.4 Å². The Kier molecular flexibility index (Phi) is 3.38. The first kappa shape index (κ1) is 7.90. The highest BCUT2D eigenvalue weighted by Crippen LogP contribution is 1.63. The highest BCUT2D eigenvalue weighted by molar-refractivity contribution is 6.34. The Morgan fingerprint density at radius 3 is 2.22 bits per heavy atom. The van der Waals surface area contributed by atoms with Gasteiger partial charge in [0.05, 0.1) is 7.11 Å². The maximum atomic E-state index is 10.3. The zero-order chi connectivity index (χ0) is 7.28. The maximum Gasteiger partial charge on any atom is 0.332 e. The van der Waals surface area contributed by atoms with Crippen LogP contribution in [0.25, 0.3) is 0 Å². The Balaban J connectivity index is 3.60. The lowest BCUT2D eigenvalue weighted by molar-refractivity contribution is -0.145. The number of nitrogens with one attached hydrogen (secondary N) is 2. The number of likely N-dealkylation sites (N-methyl/N-ethyl adjacent to an activating group) is 1. The summed E-state index contributed by atoms with van der Waals surface area (Å²) in [5.41, 5.74) is 1.85. The smallest absolute Gasteiger partial charge is 0.332 e. The molecule has 2 amide bonds. The Hall–Kier alpha value is -1.10. The van der Waals surface area contributed by atoms with E-state index in [0.29, 0.717) is 0 Å². The molecule has 0 aliphatic heterocycles. The van der Waals surface area contributed by atoms with E-state index in [2.05, 4.69) is 10.2 Å². The van der Waals surface area contributed by atoms with Crippen molar-refractivity contribution < 1.29 is 14.4 Å². The lowest BCUT2D eigenvalue weighted by atomic mass is 10.6. The molecule has 0 atom stereocenters. The Labute approximate surface area is 52.3 Å². The average molecular weight is 132 g/mol. The number of hydroxylamine groups is 1. The first-order valence-electron chi connectivity index (χ1n) is 2.27. The van der Waals surface area contributed by atoms with E-state index >= 15 is 0 Å². The van der Waals surface area contributed by atoms with Gasteiger partial charge in [0.1, 0.15) is 0 Å². The molecule has 0 rings (SSSR count). The average Bonchev–Trinajstić information content (AvgIpc) is 1.87. The van der Waals surface area contributed by atoms with Crippen molar-refractivity contribution in [2.75, 3.05) is 14.2 Å². The normalized spacial score (nSPS) is 8.22. The van der Waals surface area contributed by atoms with Crippen LogP contribution in [0.2, 0.25) is 0 Å². The summed E-state index contributed by atoms with van der Waals surface area (Å²) in [6.45, 7) is 0. The van der Waals surface area contributed by atoms with E-state index in [-0.39, 0.29) is 0 Å². The lowest BCUT2D eigenvalue weighted by Crippen LogP contribution is -2.37. The monoisotopic (exact) mass is 132 g/mol. The number of amides is 2. The van der Waals surface area contributed by atoms with Crippen LogP contribution in [-0.2, 0) is 14.4 Å². The van der Waals surface area contributed by atoms with Crippen molar-refractivity contribution in [1.29, 1.82) is 0 Å². The summed E-state index contributed by atoms with van der Waals surface area (Å²) in [6.07, 6.45) is 0. The lowest BCUT2D eigenvalue weighted by Gasteiger charge is -1.97. The molecular weight excluding hydrogens is 124 g/mol. The number of hydrogen-bond acceptors (Lipinski definition) is 3. The number of rotatable bonds is 1. The van der Waals surface area contributed by atoms with Gasteiger partial charge in [0.15, 0.2) is 0 Å². The van der Waals surface area contributed by atoms with Gasteiger partial charge in [-0.05, 0) is 0 Å². The molecule has 0 heterocycles. The predicted octanol–water partition coefficient (Wildman–Crippen LogP) is -1.59. The predicted molar refractivity (Wildman–Crippen MR) is 29.2 cm³/mol. The van der Waals surface area contributed by atoms with Crippen molar-refractivity contribution in [3.63, 3.8) is 0 Å². The van der Waals surface area contributed by atoms with Crippen molar-refractivity contribution in [3.05, 3.63) is 0 Å². The number of carbonyl (C=O) groups excluding carboxylic acids is 2. The molecule has 0 aliphatic rings. The van der Waals surface area contributed by atoms with Crippen LogP contribution in [0.15, 0.2) is 0 Å². The second kappa shape index (κ2) is 3.85. The third-order valence-corrected chi connectivity index (χ3v) is 0.628. The van der Waals surface area contributed by atoms with E-state index in [0.717, 1.165) is 0 Å². The molecule has 0 aliphatic carbocycles. The van der Waals surface area contributed by atoms with Gasteiger partial charge in [-0.25, -0.2) is 5.48 Å². The van der Waals surface area contributed by atoms with Crippen molar-refractivity contribution in [2.45, 2.75) is 0 Å². The van der Waals surface area contributed by atoms with E-state index in [4.69, 9.17) is 0 Å². The molecule has 0 spiro atoms. The van der Waals surface area contributed by atoms with Gasteiger partial charge in [0.2, 0.25) is 0 Å². The van der Waals surface area contributed by atoms with Crippen molar-refractivity contribution in [1.82, 2.24) is 10.8 Å². The SMILES string of the molecule is CNC(=O)C(=O)NOC. The van der Waals surface area contributed by atoms with Crippen LogP contribution < -0.4 is 10.8 Å². The fraction of sp³-hybridized carbons (Fsp3) is 0.500. The van der Waals surface area contributed by atoms with Gasteiger partial charge in [-0.2, -0.15) is 0 Å². The second-order valence-corrected chi connectivity index (χ2v) is 1.21. The van der Waals surface area contributed by atoms with E-state index < -0.39 is 11.8 Å². The van der Waals surface area contributed by atoms with Crippen LogP contribution in [0.3, 0.4) is 0 Å². The largest absolute Gasteiger partial charge is 0.351 e. The van der Waals surface area contributed by atoms with Gasteiger partial charge in [0.25, 0.3) is 0 Å². The molecule has 0 aromatic rings. The minimum atomic E-state index is -0.806. The molecule has 52 valence electrons. The Morgan fingerprint density at radius 1 is 1.33 bits per heavy atom. The number of carbonyl (C=O) groups is 2. The van der Waals surface area contributed by atoms with E-state index in [1.54, 1.807) is 0 Å². The zero-order valence-electron chi connectivity index (χ0n) is 5.22. The molecule has 2 N–H and O–H groups in total. The molecular formula is C4H8N2O3. The third-order valence-electron chi connectivity index (χ3n) is 0.628. The van der Waals surface area contributed by atoms with Crippen LogP contribution >= 0.6 is 0 Å². The van der Waals surface area contributed by atoms with Gasteiger partial charge in [-0.3, -0.25) is 14.4 Å². The molecule has 0 saturated carbocycles. The summed E-state index contributed by atoms with van der Waals surface area (Å²) in [7, 11) is 2.61. The van der Waals surface area contributed by atoms with Crippen molar-refractivity contribution in [2.24, 2.45) is 0 Å². The number of hydrogen-bond donors (Lipinski definition) is 2. The fourth-order valence-electron chi connectivity index (χ4n) is 0.253. The molecule has 0 radical (unpaired) electrons. The molecule has 0 unspecified atom stereocenters. The van der Waals surface area contributed by atoms with Crippen molar-refractivity contribution >= 4 is 11.8 Å². The molecule has 5 heteroatoms. The summed E-state index contributed by atoms with van der Waals surface area (Å²) in [6, 6.07) is 0. The molecule has 5 nitrogen and oxygen atoms in total. The summed E-state index contributed by atoms with van der Waals surface area (Å²) in [4.78, 5) is 24.8. The summed E-state index contributed by atoms with van der Waals surface area (Å²) in [5, 5.41) is 2.12. The Morgan fingerprint density at radius 2 is 1.89 bits per heavy atom. The second-order valence-electron chi connectivity index (χ2n) is 1.21. The van der Waals surface area contributed by atoms with Gasteiger partial charge < -0.3 is 5.32 Å². The third kappa shape index (κ3) is 2.65. The summed E-state index contributed by atoms with van der Waals surface area (Å²) in [5.74, 6) is -1.53. The molecule has 0 saturated heterocycles. The fourth-order valence-corrected chi connectivity index (χ4v) is 0.253. The molecule has 0 aromatic carbocycles. The minimum Gasteiger partial charge on any atom is -0.351 e. The minimum absolute atomic E-state index is 0.725. The molecule has 0 aromatic heterocycles. The van der Waals surface area contributed by atoms with Crippen LogP contribution in [0.4, 0.5) is 0 Å². The first-order valence-corrected chi connectivity index (χ1v) is 2.27. The summed E-state index contributed by atoms with van der Waals surface area (Å²) >= 11 is 0. The zero-order valence-corrected chi connectivity index (χ0v) is 5.22. The highest BCUT2D eigenvalue weighted by Gasteiger charge is 2.08. The molecule has 9 heavy (non-hydrogen) atoms. The maximum absolute atomic E-state index is 10.3. The summed E-state index contributed by atoms with van der Waals surface area (Å²) < 4.78 is 0. The van der Waals surface area contributed by atoms with Crippen LogP contribution in [0.1, 0.15) is 0 Å². The van der Waals surface area contributed by atoms with Crippen LogP contribution in [0, 0.1) is 0 Å². The molecule has 0 bridgehead atoms. The van der Waals surface area contributed by atoms with E-state index in [1.807, 2.05) is 5.48 Å². The van der Waals surface area contributed by atoms with E-state index in [9.17, 15) is 9.59 Å². The van der Waals surface area contributed by atoms with Gasteiger partial charge in [0, 0.05) is 7.05 Å². The van der Waals surface area contributed by atoms with Crippen LogP contribution in [-0.4, -0.2) is 26.0 Å². The van der Waals surface area contributed by atoms with Gasteiger partial charge in [-0.15, -0.1) is 0 Å². The van der Waals surface area contributed by atoms with Crippen molar-refractivity contribution in [3.8, 4) is 0 Å². The standard InChI is InChI=1S/C4H8N2O3/c1-5-3(7)4(8)6-9-2/h1-2H3,(H,5,7)(H,6,8). The quantitative estimate of drug-likeness (QED) is 0.334. The molecule has 0 fully saturated rings. The highest BCUT2D eigenvalue weighted by atomic mass is 16.6. The Bertz CT molecular complexity index is 123. The van der Waals surface area contributed by atoms with Gasteiger partial charge in [-0.1, -0.05) is 0 Å².